The van der Waals surface area contributed by atoms with Crippen LogP contribution in [0.4, 0.5) is 0 Å². The van der Waals surface area contributed by atoms with Gasteiger partial charge >= 0.3 is 5.97 Å². The maximum atomic E-state index is 12.4. The molecule has 1 N–H and O–H groups in total. The average molecular weight is 490 g/mol. The molecule has 5 nitrogen and oxygen atoms in total. The number of aryl methyl sites for hydroxylation is 1. The number of fused-ring (bicyclic) bond motifs is 1. The second kappa shape index (κ2) is 10.1. The van der Waals surface area contributed by atoms with Gasteiger partial charge in [-0.1, -0.05) is 54.1 Å². The van der Waals surface area contributed by atoms with Crippen molar-refractivity contribution in [2.24, 2.45) is 0 Å². The first-order valence-corrected chi connectivity index (χ1v) is 11.8. The Bertz CT molecular complexity index is 1350. The van der Waals surface area contributed by atoms with Crippen molar-refractivity contribution >= 4 is 28.5 Å². The van der Waals surface area contributed by atoms with Crippen molar-refractivity contribution in [3.63, 3.8) is 0 Å². The van der Waals surface area contributed by atoms with Crippen LogP contribution in [-0.4, -0.2) is 21.7 Å². The Balaban J connectivity index is 1.87. The Hall–Kier alpha value is -3.41. The predicted molar refractivity (Wildman–Crippen MR) is 139 cm³/mol. The lowest BCUT2D eigenvalue weighted by Gasteiger charge is -2.28. The maximum Gasteiger partial charge on any atom is 0.337 e. The molecule has 0 bridgehead atoms. The van der Waals surface area contributed by atoms with E-state index >= 15 is 0 Å². The summed E-state index contributed by atoms with van der Waals surface area (Å²) >= 11 is 6.15. The molecule has 3 aromatic carbocycles. The summed E-state index contributed by atoms with van der Waals surface area (Å²) < 4.78 is 12.0. The first-order chi connectivity index (χ1) is 16.6. The van der Waals surface area contributed by atoms with Crippen LogP contribution in [0, 0.1) is 6.92 Å². The molecule has 0 aliphatic rings. The molecule has 0 saturated heterocycles. The molecule has 0 radical (unpaired) electrons. The number of aliphatic carboxylic acids is 1. The zero-order chi connectivity index (χ0) is 25.2. The highest BCUT2D eigenvalue weighted by Crippen LogP contribution is 2.40. The van der Waals surface area contributed by atoms with Gasteiger partial charge < -0.3 is 14.6 Å². The van der Waals surface area contributed by atoms with Gasteiger partial charge in [-0.3, -0.25) is 0 Å². The molecular formula is C29H28ClNO4. The highest BCUT2D eigenvalue weighted by atomic mass is 35.5. The molecule has 0 saturated carbocycles. The lowest BCUT2D eigenvalue weighted by atomic mass is 9.88. The number of carbonyl (C=O) groups is 1. The van der Waals surface area contributed by atoms with Gasteiger partial charge in [-0.15, -0.1) is 0 Å². The fourth-order valence-corrected chi connectivity index (χ4v) is 4.19. The van der Waals surface area contributed by atoms with Crippen LogP contribution in [0.1, 0.15) is 43.6 Å². The van der Waals surface area contributed by atoms with E-state index in [-0.39, 0.29) is 0 Å². The Morgan fingerprint density at radius 3 is 2.34 bits per heavy atom. The van der Waals surface area contributed by atoms with E-state index in [4.69, 9.17) is 26.1 Å². The lowest BCUT2D eigenvalue weighted by Crippen LogP contribution is -2.28. The second-order valence-corrected chi connectivity index (χ2v) is 9.86. The highest BCUT2D eigenvalue weighted by Gasteiger charge is 2.31. The minimum Gasteiger partial charge on any atom is -0.479 e. The van der Waals surface area contributed by atoms with E-state index in [1.165, 1.54) is 0 Å². The molecule has 0 amide bonds. The number of hydrogen-bond donors (Lipinski definition) is 1. The van der Waals surface area contributed by atoms with Gasteiger partial charge in [0, 0.05) is 22.0 Å². The van der Waals surface area contributed by atoms with Crippen molar-refractivity contribution in [2.45, 2.75) is 46.0 Å². The van der Waals surface area contributed by atoms with Gasteiger partial charge in [0.1, 0.15) is 6.61 Å². The van der Waals surface area contributed by atoms with E-state index in [1.54, 1.807) is 12.1 Å². The number of aromatic nitrogens is 1. The molecular weight excluding hydrogens is 462 g/mol. The van der Waals surface area contributed by atoms with Crippen LogP contribution in [0.3, 0.4) is 0 Å². The molecule has 0 unspecified atom stereocenters. The molecule has 0 aliphatic carbocycles. The van der Waals surface area contributed by atoms with E-state index in [9.17, 15) is 9.90 Å². The fraction of sp³-hybridized carbons (Fsp3) is 0.241. The van der Waals surface area contributed by atoms with E-state index in [0.717, 1.165) is 27.6 Å². The highest BCUT2D eigenvalue weighted by molar-refractivity contribution is 6.30. The molecule has 0 fully saturated rings. The van der Waals surface area contributed by atoms with Crippen LogP contribution < -0.4 is 4.74 Å². The number of carboxylic acids is 1. The Morgan fingerprint density at radius 1 is 1.03 bits per heavy atom. The van der Waals surface area contributed by atoms with Crippen molar-refractivity contribution < 1.29 is 19.4 Å². The molecule has 0 spiro atoms. The van der Waals surface area contributed by atoms with Gasteiger partial charge in [0.15, 0.2) is 6.10 Å². The maximum absolute atomic E-state index is 12.4. The number of halogens is 1. The fourth-order valence-electron chi connectivity index (χ4n) is 4.07. The van der Waals surface area contributed by atoms with Gasteiger partial charge in [-0.05, 0) is 74.2 Å². The number of rotatable bonds is 7. The predicted octanol–water partition coefficient (Wildman–Crippen LogP) is 7.38. The molecule has 180 valence electrons. The number of carboxylic acid groups (broad SMARTS) is 1. The van der Waals surface area contributed by atoms with E-state index in [1.807, 2.05) is 88.4 Å². The van der Waals surface area contributed by atoms with E-state index in [2.05, 4.69) is 0 Å². The molecule has 6 heteroatoms. The average Bonchev–Trinajstić information content (AvgIpc) is 2.81. The van der Waals surface area contributed by atoms with E-state index < -0.39 is 17.7 Å². The molecule has 4 aromatic rings. The smallest absolute Gasteiger partial charge is 0.337 e. The SMILES string of the molecule is Cc1cc2nc(OCc3ccccc3)ccc2c(-c2ccc(Cl)cc2)c1[C@H](OC(C)(C)C)C(=O)O. The monoisotopic (exact) mass is 489 g/mol. The van der Waals surface area contributed by atoms with Crippen molar-refractivity contribution in [1.82, 2.24) is 4.98 Å². The lowest BCUT2D eigenvalue weighted by molar-refractivity contribution is -0.160. The van der Waals surface area contributed by atoms with Gasteiger partial charge in [-0.25, -0.2) is 9.78 Å². The first kappa shape index (κ1) is 24.7. The number of pyridine rings is 1. The minimum atomic E-state index is -1.15. The van der Waals surface area contributed by atoms with Crippen molar-refractivity contribution in [1.29, 1.82) is 0 Å². The minimum absolute atomic E-state index is 0.404. The largest absolute Gasteiger partial charge is 0.479 e. The summed E-state index contributed by atoms with van der Waals surface area (Å²) in [4.78, 5) is 17.1. The molecule has 1 aromatic heterocycles. The summed E-state index contributed by atoms with van der Waals surface area (Å²) in [5, 5.41) is 11.6. The van der Waals surface area contributed by atoms with Gasteiger partial charge in [0.2, 0.25) is 5.88 Å². The van der Waals surface area contributed by atoms with Gasteiger partial charge in [0.25, 0.3) is 0 Å². The summed E-state index contributed by atoms with van der Waals surface area (Å²) in [6.45, 7) is 7.83. The van der Waals surface area contributed by atoms with Crippen LogP contribution in [0.5, 0.6) is 5.88 Å². The summed E-state index contributed by atoms with van der Waals surface area (Å²) in [5.41, 5.74) is 4.06. The van der Waals surface area contributed by atoms with E-state index in [0.29, 0.717) is 28.6 Å². The molecule has 4 rings (SSSR count). The van der Waals surface area contributed by atoms with Crippen LogP contribution in [0.25, 0.3) is 22.0 Å². The Labute approximate surface area is 210 Å². The topological polar surface area (TPSA) is 68.7 Å². The van der Waals surface area contributed by atoms with Crippen LogP contribution in [-0.2, 0) is 16.1 Å². The quantitative estimate of drug-likeness (QED) is 0.293. The third-order valence-corrected chi connectivity index (χ3v) is 5.79. The Kier molecular flexibility index (Phi) is 7.10. The zero-order valence-electron chi connectivity index (χ0n) is 20.2. The number of hydrogen-bond acceptors (Lipinski definition) is 4. The van der Waals surface area contributed by atoms with Crippen LogP contribution in [0.15, 0.2) is 72.8 Å². The molecule has 1 heterocycles. The number of nitrogens with zero attached hydrogens (tertiary/aromatic N) is 1. The third kappa shape index (κ3) is 5.81. The molecule has 1 atom stereocenters. The van der Waals surface area contributed by atoms with Crippen molar-refractivity contribution in [3.8, 4) is 17.0 Å². The zero-order valence-corrected chi connectivity index (χ0v) is 21.0. The standard InChI is InChI=1S/C29H28ClNO4/c1-18-16-23-22(14-15-24(31-23)34-17-19-8-6-5-7-9-19)26(20-10-12-21(30)13-11-20)25(18)27(28(32)33)35-29(2,3)4/h5-16,27H,17H2,1-4H3,(H,32,33)/t27-/m0/s1. The first-order valence-electron chi connectivity index (χ1n) is 11.4. The molecule has 0 aliphatic heterocycles. The summed E-state index contributed by atoms with van der Waals surface area (Å²) in [6.07, 6.45) is -1.15. The summed E-state index contributed by atoms with van der Waals surface area (Å²) in [6, 6.07) is 22.9. The van der Waals surface area contributed by atoms with Crippen LogP contribution in [0.2, 0.25) is 5.02 Å². The van der Waals surface area contributed by atoms with Crippen molar-refractivity contribution in [2.75, 3.05) is 0 Å². The van der Waals surface area contributed by atoms with Gasteiger partial charge in [0.05, 0.1) is 11.1 Å². The second-order valence-electron chi connectivity index (χ2n) is 9.43. The van der Waals surface area contributed by atoms with Gasteiger partial charge in [-0.2, -0.15) is 0 Å². The number of ether oxygens (including phenoxy) is 2. The summed E-state index contributed by atoms with van der Waals surface area (Å²) in [7, 11) is 0. The van der Waals surface area contributed by atoms with Crippen LogP contribution >= 0.6 is 11.6 Å². The Morgan fingerprint density at radius 2 is 1.71 bits per heavy atom. The third-order valence-electron chi connectivity index (χ3n) is 5.54. The number of benzene rings is 3. The normalized spacial score (nSPS) is 12.5. The molecule has 35 heavy (non-hydrogen) atoms. The van der Waals surface area contributed by atoms with Crippen molar-refractivity contribution in [3.05, 3.63) is 94.5 Å². The summed E-state index contributed by atoms with van der Waals surface area (Å²) in [5.74, 6) is -0.551.